The predicted octanol–water partition coefficient (Wildman–Crippen LogP) is 2.05. The van der Waals surface area contributed by atoms with Crippen LogP contribution >= 0.6 is 11.6 Å². The quantitative estimate of drug-likeness (QED) is 0.654. The van der Waals surface area contributed by atoms with E-state index in [1.54, 1.807) is 64.0 Å². The number of hydrogen-bond donors (Lipinski definition) is 0. The van der Waals surface area contributed by atoms with Gasteiger partial charge in [0.15, 0.2) is 12.3 Å². The second-order valence-electron chi connectivity index (χ2n) is 6.76. The van der Waals surface area contributed by atoms with Crippen LogP contribution in [0, 0.1) is 6.92 Å². The maximum Gasteiger partial charge on any atom is 0.260 e. The third-order valence-electron chi connectivity index (χ3n) is 4.88. The van der Waals surface area contributed by atoms with Crippen molar-refractivity contribution in [2.45, 2.75) is 6.92 Å². The van der Waals surface area contributed by atoms with E-state index in [1.807, 2.05) is 0 Å². The van der Waals surface area contributed by atoms with Gasteiger partial charge in [0.2, 0.25) is 0 Å². The van der Waals surface area contributed by atoms with E-state index < -0.39 is 0 Å². The number of halogens is 1. The van der Waals surface area contributed by atoms with Gasteiger partial charge in [0.05, 0.1) is 5.69 Å². The Kier molecular flexibility index (Phi) is 5.35. The summed E-state index contributed by atoms with van der Waals surface area (Å²) < 4.78 is 7.13. The summed E-state index contributed by atoms with van der Waals surface area (Å²) in [6.45, 7) is 3.58. The summed E-state index contributed by atoms with van der Waals surface area (Å²) in [7, 11) is 0. The fourth-order valence-electron chi connectivity index (χ4n) is 3.33. The minimum absolute atomic E-state index is 0.0490. The number of aromatic nitrogens is 3. The number of hydrogen-bond acceptors (Lipinski definition) is 5. The molecule has 1 aliphatic rings. The van der Waals surface area contributed by atoms with Gasteiger partial charge in [-0.05, 0) is 37.3 Å². The molecule has 1 fully saturated rings. The molecule has 3 heterocycles. The molecular formula is C20H20ClN5O3. The number of aryl methyl sites for hydroxylation is 1. The fourth-order valence-corrected chi connectivity index (χ4v) is 3.46. The second kappa shape index (κ2) is 8.08. The molecule has 0 atom stereocenters. The molecule has 2 amide bonds. The molecule has 0 saturated carbocycles. The Morgan fingerprint density at radius 1 is 1.10 bits per heavy atom. The van der Waals surface area contributed by atoms with Gasteiger partial charge < -0.3 is 14.5 Å². The lowest BCUT2D eigenvalue weighted by atomic mass is 10.2. The first-order valence-corrected chi connectivity index (χ1v) is 9.66. The lowest BCUT2D eigenvalue weighted by Crippen LogP contribution is -2.51. The van der Waals surface area contributed by atoms with Gasteiger partial charge in [-0.2, -0.15) is 5.10 Å². The molecule has 4 rings (SSSR count). The van der Waals surface area contributed by atoms with E-state index in [0.29, 0.717) is 53.9 Å². The third kappa shape index (κ3) is 4.02. The first kappa shape index (κ1) is 19.2. The second-order valence-corrected chi connectivity index (χ2v) is 7.20. The molecule has 1 saturated heterocycles. The van der Waals surface area contributed by atoms with E-state index in [2.05, 4.69) is 10.1 Å². The number of carbonyl (C=O) groups excluding carboxylic acids is 2. The van der Waals surface area contributed by atoms with E-state index in [-0.39, 0.29) is 18.4 Å². The van der Waals surface area contributed by atoms with E-state index in [9.17, 15) is 9.59 Å². The van der Waals surface area contributed by atoms with Gasteiger partial charge in [-0.3, -0.25) is 9.59 Å². The summed E-state index contributed by atoms with van der Waals surface area (Å²) in [5.41, 5.74) is 1.70. The molecule has 0 spiro atoms. The number of piperazine rings is 1. The van der Waals surface area contributed by atoms with Crippen LogP contribution in [0.2, 0.25) is 5.02 Å². The SMILES string of the molecule is Cc1nn2cccnc2c1C(=O)N1CCN(C(=O)COc2ccc(Cl)cc2)CC1. The molecule has 2 aromatic heterocycles. The third-order valence-corrected chi connectivity index (χ3v) is 5.13. The maximum atomic E-state index is 13.0. The monoisotopic (exact) mass is 413 g/mol. The van der Waals surface area contributed by atoms with Crippen molar-refractivity contribution in [3.63, 3.8) is 0 Å². The number of carbonyl (C=O) groups is 2. The van der Waals surface area contributed by atoms with Crippen LogP contribution in [0.5, 0.6) is 5.75 Å². The number of nitrogens with zero attached hydrogens (tertiary/aromatic N) is 5. The van der Waals surface area contributed by atoms with Gasteiger partial charge in [0.25, 0.3) is 11.8 Å². The molecule has 3 aromatic rings. The van der Waals surface area contributed by atoms with Gasteiger partial charge >= 0.3 is 0 Å². The van der Waals surface area contributed by atoms with Crippen molar-refractivity contribution in [1.82, 2.24) is 24.4 Å². The largest absolute Gasteiger partial charge is 0.484 e. The van der Waals surface area contributed by atoms with Crippen LogP contribution in [0.3, 0.4) is 0 Å². The predicted molar refractivity (Wildman–Crippen MR) is 107 cm³/mol. The summed E-state index contributed by atoms with van der Waals surface area (Å²) in [4.78, 5) is 33.2. The average molecular weight is 414 g/mol. The number of rotatable bonds is 4. The number of ether oxygens (including phenoxy) is 1. The van der Waals surface area contributed by atoms with E-state index in [0.717, 1.165) is 0 Å². The van der Waals surface area contributed by atoms with Gasteiger partial charge in [0.1, 0.15) is 11.3 Å². The Bertz CT molecular complexity index is 1040. The van der Waals surface area contributed by atoms with Crippen molar-refractivity contribution >= 4 is 29.1 Å². The van der Waals surface area contributed by atoms with Gasteiger partial charge in [0, 0.05) is 43.6 Å². The molecule has 0 bridgehead atoms. The van der Waals surface area contributed by atoms with Crippen molar-refractivity contribution in [3.8, 4) is 5.75 Å². The maximum absolute atomic E-state index is 13.0. The molecule has 0 aliphatic carbocycles. The minimum atomic E-state index is -0.110. The minimum Gasteiger partial charge on any atom is -0.484 e. The highest BCUT2D eigenvalue weighted by molar-refractivity contribution is 6.30. The van der Waals surface area contributed by atoms with Crippen LogP contribution in [-0.4, -0.2) is 69.0 Å². The van der Waals surface area contributed by atoms with Crippen molar-refractivity contribution in [1.29, 1.82) is 0 Å². The molecular weight excluding hydrogens is 394 g/mol. The molecule has 9 heteroatoms. The molecule has 1 aliphatic heterocycles. The molecule has 0 N–H and O–H groups in total. The first-order valence-electron chi connectivity index (χ1n) is 9.28. The van der Waals surface area contributed by atoms with Gasteiger partial charge in [-0.15, -0.1) is 0 Å². The smallest absolute Gasteiger partial charge is 0.260 e. The van der Waals surface area contributed by atoms with E-state index in [1.165, 1.54) is 0 Å². The zero-order valence-electron chi connectivity index (χ0n) is 15.9. The molecule has 150 valence electrons. The Morgan fingerprint density at radius 3 is 2.52 bits per heavy atom. The average Bonchev–Trinajstić information content (AvgIpc) is 3.08. The standard InChI is InChI=1S/C20H20ClN5O3/c1-14-18(19-22-7-2-8-26(19)23-14)20(28)25-11-9-24(10-12-25)17(27)13-29-16-5-3-15(21)4-6-16/h2-8H,9-13H2,1H3. The normalized spacial score (nSPS) is 14.3. The molecule has 8 nitrogen and oxygen atoms in total. The summed E-state index contributed by atoms with van der Waals surface area (Å²) in [6.07, 6.45) is 3.41. The molecule has 29 heavy (non-hydrogen) atoms. The summed E-state index contributed by atoms with van der Waals surface area (Å²) in [5.74, 6) is 0.370. The molecule has 0 radical (unpaired) electrons. The van der Waals surface area contributed by atoms with Crippen molar-refractivity contribution in [2.75, 3.05) is 32.8 Å². The highest BCUT2D eigenvalue weighted by Crippen LogP contribution is 2.18. The summed E-state index contributed by atoms with van der Waals surface area (Å²) in [6, 6.07) is 8.63. The van der Waals surface area contributed by atoms with Crippen LogP contribution in [0.1, 0.15) is 16.1 Å². The fraction of sp³-hybridized carbons (Fsp3) is 0.300. The van der Waals surface area contributed by atoms with Crippen molar-refractivity contribution in [2.24, 2.45) is 0 Å². The topological polar surface area (TPSA) is 80.0 Å². The Labute approximate surface area is 172 Å². The van der Waals surface area contributed by atoms with Crippen LogP contribution in [0.25, 0.3) is 5.65 Å². The van der Waals surface area contributed by atoms with Crippen LogP contribution < -0.4 is 4.74 Å². The lowest BCUT2D eigenvalue weighted by Gasteiger charge is -2.34. The zero-order valence-corrected chi connectivity index (χ0v) is 16.7. The lowest BCUT2D eigenvalue weighted by molar-refractivity contribution is -0.134. The molecule has 0 unspecified atom stereocenters. The Morgan fingerprint density at radius 2 is 1.79 bits per heavy atom. The summed E-state index contributed by atoms with van der Waals surface area (Å²) in [5, 5.41) is 4.96. The number of amides is 2. The van der Waals surface area contributed by atoms with Crippen LogP contribution in [-0.2, 0) is 4.79 Å². The highest BCUT2D eigenvalue weighted by Gasteiger charge is 2.28. The van der Waals surface area contributed by atoms with E-state index in [4.69, 9.17) is 16.3 Å². The van der Waals surface area contributed by atoms with Gasteiger partial charge in [-0.1, -0.05) is 11.6 Å². The first-order chi connectivity index (χ1) is 14.0. The Balaban J connectivity index is 1.35. The number of benzene rings is 1. The summed E-state index contributed by atoms with van der Waals surface area (Å²) >= 11 is 5.84. The van der Waals surface area contributed by atoms with Crippen LogP contribution in [0.15, 0.2) is 42.7 Å². The van der Waals surface area contributed by atoms with Crippen molar-refractivity contribution in [3.05, 3.63) is 59.0 Å². The van der Waals surface area contributed by atoms with Gasteiger partial charge in [-0.25, -0.2) is 9.50 Å². The van der Waals surface area contributed by atoms with E-state index >= 15 is 0 Å². The zero-order chi connectivity index (χ0) is 20.4. The molecule has 1 aromatic carbocycles. The highest BCUT2D eigenvalue weighted by atomic mass is 35.5. The number of fused-ring (bicyclic) bond motifs is 1. The Hall–Kier alpha value is -3.13. The van der Waals surface area contributed by atoms with Crippen molar-refractivity contribution < 1.29 is 14.3 Å². The van der Waals surface area contributed by atoms with Crippen LogP contribution in [0.4, 0.5) is 0 Å².